The molecule has 0 spiro atoms. The van der Waals surface area contributed by atoms with Crippen molar-refractivity contribution in [2.24, 2.45) is 0 Å². The Labute approximate surface area is 111 Å². The molecule has 0 bridgehead atoms. The number of pyridine rings is 1. The Morgan fingerprint density at radius 1 is 1.16 bits per heavy atom. The topological polar surface area (TPSA) is 74.7 Å². The van der Waals surface area contributed by atoms with Crippen molar-refractivity contribution in [3.63, 3.8) is 0 Å². The molecule has 6 heteroatoms. The van der Waals surface area contributed by atoms with Crippen LogP contribution in [0.1, 0.15) is 29.9 Å². The number of hydrogen-bond acceptors (Lipinski definition) is 6. The van der Waals surface area contributed by atoms with Crippen molar-refractivity contribution in [1.82, 2.24) is 4.98 Å². The van der Waals surface area contributed by atoms with E-state index in [0.29, 0.717) is 5.88 Å². The van der Waals surface area contributed by atoms with Gasteiger partial charge in [0.1, 0.15) is 0 Å². The highest BCUT2D eigenvalue weighted by molar-refractivity contribution is 5.92. The van der Waals surface area contributed by atoms with E-state index in [1.54, 1.807) is 19.9 Å². The molecular weight excluding hydrogens is 250 g/mol. The maximum absolute atomic E-state index is 11.7. The molecule has 1 heterocycles. The minimum Gasteiger partial charge on any atom is -0.481 e. The van der Waals surface area contributed by atoms with E-state index >= 15 is 0 Å². The highest BCUT2D eigenvalue weighted by atomic mass is 16.5. The van der Waals surface area contributed by atoms with Gasteiger partial charge in [-0.1, -0.05) is 0 Å². The van der Waals surface area contributed by atoms with Gasteiger partial charge in [-0.2, -0.15) is 0 Å². The number of methoxy groups -OCH3 is 1. The summed E-state index contributed by atoms with van der Waals surface area (Å²) in [6.07, 6.45) is -0.0980. The summed E-state index contributed by atoms with van der Waals surface area (Å²) in [5.74, 6) is -0.641. The third kappa shape index (κ3) is 4.24. The SMILES string of the molecule is CCOC(=O)Cc1nc(OC)ccc1C(=O)OCC. The molecule has 0 saturated heterocycles. The highest BCUT2D eigenvalue weighted by Gasteiger charge is 2.18. The van der Waals surface area contributed by atoms with E-state index < -0.39 is 11.9 Å². The minimum absolute atomic E-state index is 0.0980. The highest BCUT2D eigenvalue weighted by Crippen LogP contribution is 2.15. The fourth-order valence-electron chi connectivity index (χ4n) is 1.47. The number of carbonyl (C=O) groups excluding carboxylic acids is 2. The Morgan fingerprint density at radius 3 is 2.42 bits per heavy atom. The molecular formula is C13H17NO5. The second-order valence-corrected chi connectivity index (χ2v) is 3.55. The number of esters is 2. The molecule has 19 heavy (non-hydrogen) atoms. The fourth-order valence-corrected chi connectivity index (χ4v) is 1.47. The number of aromatic nitrogens is 1. The van der Waals surface area contributed by atoms with Crippen LogP contribution < -0.4 is 4.74 Å². The van der Waals surface area contributed by atoms with Crippen LogP contribution in [-0.2, 0) is 20.7 Å². The Kier molecular flexibility index (Phi) is 5.78. The van der Waals surface area contributed by atoms with Crippen LogP contribution >= 0.6 is 0 Å². The van der Waals surface area contributed by atoms with Crippen LogP contribution in [-0.4, -0.2) is 37.2 Å². The first kappa shape index (κ1) is 14.9. The van der Waals surface area contributed by atoms with Gasteiger partial charge in [0.15, 0.2) is 0 Å². The standard InChI is InChI=1S/C13H17NO5/c1-4-18-12(15)8-10-9(13(16)19-5-2)6-7-11(14-10)17-3/h6-7H,4-5,8H2,1-3H3. The number of nitrogens with zero attached hydrogens (tertiary/aromatic N) is 1. The zero-order valence-electron chi connectivity index (χ0n) is 11.3. The summed E-state index contributed by atoms with van der Waals surface area (Å²) in [5, 5.41) is 0. The summed E-state index contributed by atoms with van der Waals surface area (Å²) in [6.45, 7) is 3.95. The monoisotopic (exact) mass is 267 g/mol. The van der Waals surface area contributed by atoms with Crippen molar-refractivity contribution in [3.05, 3.63) is 23.4 Å². The van der Waals surface area contributed by atoms with E-state index in [2.05, 4.69) is 4.98 Å². The van der Waals surface area contributed by atoms with Crippen LogP contribution in [0.4, 0.5) is 0 Å². The van der Waals surface area contributed by atoms with Crippen LogP contribution in [0.15, 0.2) is 12.1 Å². The van der Waals surface area contributed by atoms with E-state index in [-0.39, 0.29) is 30.9 Å². The van der Waals surface area contributed by atoms with Crippen molar-refractivity contribution in [3.8, 4) is 5.88 Å². The average molecular weight is 267 g/mol. The first-order chi connectivity index (χ1) is 9.12. The maximum Gasteiger partial charge on any atom is 0.339 e. The Hall–Kier alpha value is -2.11. The van der Waals surface area contributed by atoms with Gasteiger partial charge in [0.05, 0.1) is 38.0 Å². The normalized spacial score (nSPS) is 9.84. The Balaban J connectivity index is 3.02. The number of carbonyl (C=O) groups is 2. The molecule has 0 saturated carbocycles. The first-order valence-corrected chi connectivity index (χ1v) is 5.99. The molecule has 0 aliphatic carbocycles. The summed E-state index contributed by atoms with van der Waals surface area (Å²) in [4.78, 5) is 27.3. The van der Waals surface area contributed by atoms with E-state index in [0.717, 1.165) is 0 Å². The third-order valence-electron chi connectivity index (χ3n) is 2.27. The Morgan fingerprint density at radius 2 is 1.84 bits per heavy atom. The van der Waals surface area contributed by atoms with Crippen molar-refractivity contribution in [1.29, 1.82) is 0 Å². The molecule has 0 aliphatic rings. The summed E-state index contributed by atoms with van der Waals surface area (Å²) in [7, 11) is 1.46. The molecule has 0 aliphatic heterocycles. The molecule has 1 aromatic heterocycles. The van der Waals surface area contributed by atoms with Crippen molar-refractivity contribution in [2.75, 3.05) is 20.3 Å². The second-order valence-electron chi connectivity index (χ2n) is 3.55. The number of ether oxygens (including phenoxy) is 3. The van der Waals surface area contributed by atoms with Crippen LogP contribution in [0.25, 0.3) is 0 Å². The van der Waals surface area contributed by atoms with Crippen LogP contribution in [0.5, 0.6) is 5.88 Å². The van der Waals surface area contributed by atoms with Crippen LogP contribution in [0, 0.1) is 0 Å². The van der Waals surface area contributed by atoms with Gasteiger partial charge >= 0.3 is 11.9 Å². The van der Waals surface area contributed by atoms with E-state index in [4.69, 9.17) is 14.2 Å². The van der Waals surface area contributed by atoms with Crippen molar-refractivity contribution in [2.45, 2.75) is 20.3 Å². The largest absolute Gasteiger partial charge is 0.481 e. The van der Waals surface area contributed by atoms with Gasteiger partial charge in [0.25, 0.3) is 0 Å². The number of hydrogen-bond donors (Lipinski definition) is 0. The second kappa shape index (κ2) is 7.35. The fraction of sp³-hybridized carbons (Fsp3) is 0.462. The lowest BCUT2D eigenvalue weighted by Gasteiger charge is -2.09. The van der Waals surface area contributed by atoms with Gasteiger partial charge in [0.2, 0.25) is 5.88 Å². The molecule has 1 aromatic rings. The molecule has 0 N–H and O–H groups in total. The van der Waals surface area contributed by atoms with E-state index in [9.17, 15) is 9.59 Å². The number of rotatable bonds is 6. The zero-order chi connectivity index (χ0) is 14.3. The zero-order valence-corrected chi connectivity index (χ0v) is 11.3. The van der Waals surface area contributed by atoms with Gasteiger partial charge in [-0.25, -0.2) is 9.78 Å². The van der Waals surface area contributed by atoms with E-state index in [1.807, 2.05) is 0 Å². The van der Waals surface area contributed by atoms with Gasteiger partial charge in [-0.3, -0.25) is 4.79 Å². The third-order valence-corrected chi connectivity index (χ3v) is 2.27. The lowest BCUT2D eigenvalue weighted by molar-refractivity contribution is -0.142. The molecule has 0 atom stereocenters. The quantitative estimate of drug-likeness (QED) is 0.725. The average Bonchev–Trinajstić information content (AvgIpc) is 2.39. The lowest BCUT2D eigenvalue weighted by atomic mass is 10.1. The summed E-state index contributed by atoms with van der Waals surface area (Å²) in [6, 6.07) is 3.07. The van der Waals surface area contributed by atoms with Gasteiger partial charge < -0.3 is 14.2 Å². The lowest BCUT2D eigenvalue weighted by Crippen LogP contribution is -2.15. The smallest absolute Gasteiger partial charge is 0.339 e. The van der Waals surface area contributed by atoms with Gasteiger partial charge in [-0.15, -0.1) is 0 Å². The van der Waals surface area contributed by atoms with Crippen molar-refractivity contribution >= 4 is 11.9 Å². The predicted molar refractivity (Wildman–Crippen MR) is 67.1 cm³/mol. The van der Waals surface area contributed by atoms with Gasteiger partial charge in [-0.05, 0) is 19.9 Å². The molecule has 0 fully saturated rings. The summed E-state index contributed by atoms with van der Waals surface area (Å²) < 4.78 is 14.7. The van der Waals surface area contributed by atoms with Crippen LogP contribution in [0.3, 0.4) is 0 Å². The van der Waals surface area contributed by atoms with Crippen molar-refractivity contribution < 1.29 is 23.8 Å². The molecule has 0 radical (unpaired) electrons. The van der Waals surface area contributed by atoms with Crippen LogP contribution in [0.2, 0.25) is 0 Å². The first-order valence-electron chi connectivity index (χ1n) is 5.99. The van der Waals surface area contributed by atoms with Gasteiger partial charge in [0, 0.05) is 6.07 Å². The molecule has 104 valence electrons. The molecule has 0 aromatic carbocycles. The van der Waals surface area contributed by atoms with E-state index in [1.165, 1.54) is 13.2 Å². The minimum atomic E-state index is -0.517. The molecule has 6 nitrogen and oxygen atoms in total. The molecule has 0 amide bonds. The maximum atomic E-state index is 11.7. The predicted octanol–water partition coefficient (Wildman–Crippen LogP) is 1.37. The summed E-state index contributed by atoms with van der Waals surface area (Å²) >= 11 is 0. The Bertz CT molecular complexity index is 458. The molecule has 0 unspecified atom stereocenters. The summed E-state index contributed by atoms with van der Waals surface area (Å²) in [5.41, 5.74) is 0.534. The molecule has 1 rings (SSSR count).